The van der Waals surface area contributed by atoms with Crippen molar-refractivity contribution in [3.05, 3.63) is 47.2 Å². The molecule has 0 spiro atoms. The fourth-order valence-corrected chi connectivity index (χ4v) is 1.89. The summed E-state index contributed by atoms with van der Waals surface area (Å²) >= 11 is 5.99. The standard InChI is InChI=1S/C12H14ClN3/c1-9(14)7-10-8-11(13)3-4-12(10)16-6-2-5-15-16/h2-6,8-9H,7,14H2,1H3. The van der Waals surface area contributed by atoms with Gasteiger partial charge in [0.1, 0.15) is 0 Å². The molecule has 0 fully saturated rings. The summed E-state index contributed by atoms with van der Waals surface area (Å²) < 4.78 is 1.83. The summed E-state index contributed by atoms with van der Waals surface area (Å²) in [5, 5.41) is 4.95. The van der Waals surface area contributed by atoms with Gasteiger partial charge in [0, 0.05) is 23.5 Å². The molecule has 1 aromatic heterocycles. The summed E-state index contributed by atoms with van der Waals surface area (Å²) in [7, 11) is 0. The molecule has 1 heterocycles. The van der Waals surface area contributed by atoms with Crippen molar-refractivity contribution in [2.24, 2.45) is 5.73 Å². The number of rotatable bonds is 3. The van der Waals surface area contributed by atoms with Crippen LogP contribution in [0.3, 0.4) is 0 Å². The maximum Gasteiger partial charge on any atom is 0.0679 e. The molecule has 84 valence electrons. The molecule has 0 aliphatic carbocycles. The zero-order valence-electron chi connectivity index (χ0n) is 9.10. The van der Waals surface area contributed by atoms with E-state index < -0.39 is 0 Å². The predicted molar refractivity (Wildman–Crippen MR) is 65.9 cm³/mol. The van der Waals surface area contributed by atoms with Gasteiger partial charge in [0.15, 0.2) is 0 Å². The van der Waals surface area contributed by atoms with E-state index in [9.17, 15) is 0 Å². The third kappa shape index (κ3) is 2.43. The van der Waals surface area contributed by atoms with Crippen molar-refractivity contribution in [1.82, 2.24) is 9.78 Å². The SMILES string of the molecule is CC(N)Cc1cc(Cl)ccc1-n1cccn1. The minimum atomic E-state index is 0.104. The van der Waals surface area contributed by atoms with Gasteiger partial charge in [-0.1, -0.05) is 11.6 Å². The predicted octanol–water partition coefficient (Wildman–Crippen LogP) is 2.42. The van der Waals surface area contributed by atoms with E-state index in [2.05, 4.69) is 5.10 Å². The lowest BCUT2D eigenvalue weighted by Gasteiger charge is -2.12. The Hall–Kier alpha value is -1.32. The van der Waals surface area contributed by atoms with Crippen LogP contribution in [-0.2, 0) is 6.42 Å². The normalized spacial score (nSPS) is 12.7. The second-order valence-corrected chi connectivity index (χ2v) is 4.34. The second-order valence-electron chi connectivity index (χ2n) is 3.91. The Labute approximate surface area is 99.8 Å². The highest BCUT2D eigenvalue weighted by atomic mass is 35.5. The quantitative estimate of drug-likeness (QED) is 0.888. The molecule has 2 N–H and O–H groups in total. The first-order chi connectivity index (χ1) is 7.66. The molecule has 0 saturated heterocycles. The Balaban J connectivity index is 2.44. The molecular weight excluding hydrogens is 222 g/mol. The van der Waals surface area contributed by atoms with Gasteiger partial charge in [0.05, 0.1) is 5.69 Å². The number of nitrogens with two attached hydrogens (primary N) is 1. The van der Waals surface area contributed by atoms with Gasteiger partial charge >= 0.3 is 0 Å². The molecule has 16 heavy (non-hydrogen) atoms. The Kier molecular flexibility index (Phi) is 3.27. The van der Waals surface area contributed by atoms with Gasteiger partial charge in [0.25, 0.3) is 0 Å². The van der Waals surface area contributed by atoms with Gasteiger partial charge in [0.2, 0.25) is 0 Å². The number of benzene rings is 1. The number of aromatic nitrogens is 2. The monoisotopic (exact) mass is 235 g/mol. The number of hydrogen-bond donors (Lipinski definition) is 1. The Morgan fingerprint density at radius 1 is 1.50 bits per heavy atom. The first kappa shape index (κ1) is 11.2. The van der Waals surface area contributed by atoms with E-state index in [1.54, 1.807) is 6.20 Å². The lowest BCUT2D eigenvalue weighted by Crippen LogP contribution is -2.19. The van der Waals surface area contributed by atoms with Crippen LogP contribution in [0, 0.1) is 0 Å². The smallest absolute Gasteiger partial charge is 0.0679 e. The van der Waals surface area contributed by atoms with E-state index in [-0.39, 0.29) is 6.04 Å². The topological polar surface area (TPSA) is 43.8 Å². The van der Waals surface area contributed by atoms with Crippen LogP contribution < -0.4 is 5.73 Å². The number of hydrogen-bond acceptors (Lipinski definition) is 2. The summed E-state index contributed by atoms with van der Waals surface area (Å²) in [5.74, 6) is 0. The van der Waals surface area contributed by atoms with Crippen LogP contribution >= 0.6 is 11.6 Å². The summed E-state index contributed by atoms with van der Waals surface area (Å²) in [6.07, 6.45) is 4.45. The summed E-state index contributed by atoms with van der Waals surface area (Å²) in [5.41, 5.74) is 7.97. The summed E-state index contributed by atoms with van der Waals surface area (Å²) in [6, 6.07) is 7.77. The van der Waals surface area contributed by atoms with Crippen molar-refractivity contribution in [3.8, 4) is 5.69 Å². The van der Waals surface area contributed by atoms with Crippen LogP contribution in [0.15, 0.2) is 36.7 Å². The van der Waals surface area contributed by atoms with Gasteiger partial charge in [-0.05, 0) is 43.2 Å². The van der Waals surface area contributed by atoms with Crippen molar-refractivity contribution in [3.63, 3.8) is 0 Å². The average Bonchev–Trinajstić information content (AvgIpc) is 2.69. The van der Waals surface area contributed by atoms with E-state index in [1.165, 1.54) is 0 Å². The zero-order chi connectivity index (χ0) is 11.5. The lowest BCUT2D eigenvalue weighted by molar-refractivity contribution is 0.727. The van der Waals surface area contributed by atoms with Gasteiger partial charge in [-0.2, -0.15) is 5.10 Å². The molecule has 0 radical (unpaired) electrons. The fourth-order valence-electron chi connectivity index (χ4n) is 1.70. The Morgan fingerprint density at radius 2 is 2.31 bits per heavy atom. The van der Waals surface area contributed by atoms with Crippen LogP contribution in [0.1, 0.15) is 12.5 Å². The molecule has 0 bridgehead atoms. The number of halogens is 1. The third-order valence-electron chi connectivity index (χ3n) is 2.33. The van der Waals surface area contributed by atoms with E-state index in [0.29, 0.717) is 0 Å². The van der Waals surface area contributed by atoms with Crippen LogP contribution in [-0.4, -0.2) is 15.8 Å². The maximum absolute atomic E-state index is 5.99. The van der Waals surface area contributed by atoms with Gasteiger partial charge in [-0.15, -0.1) is 0 Å². The molecule has 0 amide bonds. The highest BCUT2D eigenvalue weighted by Crippen LogP contribution is 2.20. The summed E-state index contributed by atoms with van der Waals surface area (Å²) in [4.78, 5) is 0. The molecule has 0 aliphatic heterocycles. The molecule has 1 aromatic carbocycles. The van der Waals surface area contributed by atoms with E-state index in [4.69, 9.17) is 17.3 Å². The van der Waals surface area contributed by atoms with Crippen molar-refractivity contribution >= 4 is 11.6 Å². The van der Waals surface area contributed by atoms with E-state index >= 15 is 0 Å². The average molecular weight is 236 g/mol. The van der Waals surface area contributed by atoms with Gasteiger partial charge in [-0.25, -0.2) is 4.68 Å². The van der Waals surface area contributed by atoms with Crippen LogP contribution in [0.4, 0.5) is 0 Å². The largest absolute Gasteiger partial charge is 0.328 e. The Morgan fingerprint density at radius 3 is 2.94 bits per heavy atom. The molecule has 2 aromatic rings. The van der Waals surface area contributed by atoms with Crippen LogP contribution in [0.25, 0.3) is 5.69 Å². The van der Waals surface area contributed by atoms with Crippen molar-refractivity contribution in [2.75, 3.05) is 0 Å². The Bertz CT molecular complexity index is 463. The van der Waals surface area contributed by atoms with Crippen molar-refractivity contribution in [2.45, 2.75) is 19.4 Å². The zero-order valence-corrected chi connectivity index (χ0v) is 9.85. The lowest BCUT2D eigenvalue weighted by atomic mass is 10.1. The molecule has 1 unspecified atom stereocenters. The van der Waals surface area contributed by atoms with Crippen molar-refractivity contribution < 1.29 is 0 Å². The molecular formula is C12H14ClN3. The van der Waals surface area contributed by atoms with Gasteiger partial charge in [-0.3, -0.25) is 0 Å². The minimum absolute atomic E-state index is 0.104. The van der Waals surface area contributed by atoms with Crippen molar-refractivity contribution in [1.29, 1.82) is 0 Å². The first-order valence-electron chi connectivity index (χ1n) is 5.21. The maximum atomic E-state index is 5.99. The molecule has 1 atom stereocenters. The molecule has 2 rings (SSSR count). The first-order valence-corrected chi connectivity index (χ1v) is 5.58. The van der Waals surface area contributed by atoms with E-state index in [1.807, 2.05) is 42.1 Å². The van der Waals surface area contributed by atoms with E-state index in [0.717, 1.165) is 22.7 Å². The fraction of sp³-hybridized carbons (Fsp3) is 0.250. The van der Waals surface area contributed by atoms with Crippen LogP contribution in [0.2, 0.25) is 5.02 Å². The summed E-state index contributed by atoms with van der Waals surface area (Å²) in [6.45, 7) is 1.98. The third-order valence-corrected chi connectivity index (χ3v) is 2.57. The highest BCUT2D eigenvalue weighted by molar-refractivity contribution is 6.30. The van der Waals surface area contributed by atoms with Gasteiger partial charge < -0.3 is 5.73 Å². The molecule has 0 saturated carbocycles. The molecule has 4 heteroatoms. The minimum Gasteiger partial charge on any atom is -0.328 e. The van der Waals surface area contributed by atoms with Crippen LogP contribution in [0.5, 0.6) is 0 Å². The highest BCUT2D eigenvalue weighted by Gasteiger charge is 2.07. The second kappa shape index (κ2) is 4.68. The molecule has 0 aliphatic rings. The molecule has 3 nitrogen and oxygen atoms in total. The number of nitrogens with zero attached hydrogens (tertiary/aromatic N) is 2.